The standard InChI is InChI=1S/C48H36N8O16S4/c1-73(63,64)33-15-17-39(57)37(23-33)53-55-43-41(59)19-27-7-13-31(21-35(27)45(43)75(67,68)69)49-47(61)25-3-9-29(10-4-25)51-52-30-11-5-26(6-12-30)48(62)50-32-14-8-28-20-42(60)44(46(36(28)22-32)76(70,71)72)56-54-38-24-34(74(2,65)66)16-18-40(38)58/h3-24,51-53,57H,1-2H3,(H,49,61)(H,50,62)(H,67,68,69)(H,70,71,72)/b54-38+,55-43+,56-44+. The van der Waals surface area contributed by atoms with Crippen molar-refractivity contribution in [3.05, 3.63) is 158 Å². The van der Waals surface area contributed by atoms with Gasteiger partial charge in [0.05, 0.1) is 26.9 Å². The maximum atomic E-state index is 13.3. The van der Waals surface area contributed by atoms with Crippen LogP contribution in [0.1, 0.15) is 20.7 Å². The molecule has 76 heavy (non-hydrogen) atoms. The Morgan fingerprint density at radius 1 is 0.513 bits per heavy atom. The Bertz CT molecular complexity index is 4340. The number of anilines is 5. The summed E-state index contributed by atoms with van der Waals surface area (Å²) in [7, 11) is -17.9. The average Bonchev–Trinajstić information content (AvgIpc) is 3.34. The van der Waals surface area contributed by atoms with E-state index < -0.39 is 102 Å². The van der Waals surface area contributed by atoms with E-state index in [1.165, 1.54) is 60.7 Å². The fraction of sp³-hybridized carbons (Fsp3) is 0.0417. The Hall–Kier alpha value is -9.06. The van der Waals surface area contributed by atoms with Crippen LogP contribution in [0.3, 0.4) is 0 Å². The first kappa shape index (κ1) is 53.2. The first-order chi connectivity index (χ1) is 35.6. The predicted molar refractivity (Wildman–Crippen MR) is 280 cm³/mol. The van der Waals surface area contributed by atoms with Crippen LogP contribution in [0.4, 0.5) is 28.4 Å². The fourth-order valence-corrected chi connectivity index (χ4v) is 10.3. The fourth-order valence-electron chi connectivity index (χ4n) is 7.36. The van der Waals surface area contributed by atoms with E-state index in [0.29, 0.717) is 11.4 Å². The van der Waals surface area contributed by atoms with Gasteiger partial charge in [-0.1, -0.05) is 12.1 Å². The number of hydrazone groups is 1. The minimum Gasteiger partial charge on any atom is -0.506 e. The van der Waals surface area contributed by atoms with E-state index in [-0.39, 0.29) is 58.9 Å². The largest absolute Gasteiger partial charge is 0.506 e. The second kappa shape index (κ2) is 20.3. The molecular weight excluding hydrogens is 1070 g/mol. The number of Topliss-reactive ketones (excluding diaryl/α,β-unsaturated/α-hetero) is 2. The number of nitrogens with zero attached hydrogens (tertiary/aromatic N) is 3. The van der Waals surface area contributed by atoms with Crippen molar-refractivity contribution >= 4 is 137 Å². The minimum atomic E-state index is -5.22. The van der Waals surface area contributed by atoms with E-state index in [1.54, 1.807) is 24.3 Å². The van der Waals surface area contributed by atoms with E-state index in [9.17, 15) is 71.9 Å². The zero-order chi connectivity index (χ0) is 55.1. The van der Waals surface area contributed by atoms with E-state index in [4.69, 9.17) is 0 Å². The van der Waals surface area contributed by atoms with Gasteiger partial charge >= 0.3 is 0 Å². The molecule has 8 N–H and O–H groups in total. The van der Waals surface area contributed by atoms with E-state index in [2.05, 4.69) is 42.2 Å². The summed E-state index contributed by atoms with van der Waals surface area (Å²) in [6, 6.07) is 22.9. The number of phenols is 1. The molecule has 0 bridgehead atoms. The summed E-state index contributed by atoms with van der Waals surface area (Å²) in [6.07, 6.45) is 6.64. The number of hydrogen-bond donors (Lipinski definition) is 8. The topological polar surface area (TPSA) is 380 Å². The van der Waals surface area contributed by atoms with E-state index in [0.717, 1.165) is 61.1 Å². The lowest BCUT2D eigenvalue weighted by Gasteiger charge is -2.14. The van der Waals surface area contributed by atoms with Crippen molar-refractivity contribution in [1.82, 2.24) is 0 Å². The molecule has 0 heterocycles. The molecule has 0 spiro atoms. The smallest absolute Gasteiger partial charge is 0.297 e. The molecule has 388 valence electrons. The SMILES string of the molecule is CS(=O)(=O)C1=C/C(=N\N=C2/C(=O)C=c3ccc(NC(=O)c4ccc(NNc5ccc(C(=O)Nc6ccc7c(c6)=C(S(=O)(=O)O)/C(=N/Nc6cc(S(C)(=O)=O)ccc6O)C(=O)C=7)cc5)cc4)cc3=C2S(=O)(=O)O)C(=O)C=C1. The number of sulfone groups is 2. The number of hydrogen-bond acceptors (Lipinski definition) is 20. The van der Waals surface area contributed by atoms with E-state index in [1.807, 2.05) is 0 Å². The van der Waals surface area contributed by atoms with Crippen LogP contribution in [0.25, 0.3) is 22.0 Å². The molecule has 8 rings (SSSR count). The number of rotatable bonds is 14. The van der Waals surface area contributed by atoms with Gasteiger partial charge in [0.15, 0.2) is 31.1 Å². The highest BCUT2D eigenvalue weighted by atomic mass is 32.2. The van der Waals surface area contributed by atoms with Crippen LogP contribution in [0, 0.1) is 0 Å². The van der Waals surface area contributed by atoms with Crippen molar-refractivity contribution < 1.29 is 71.9 Å². The summed E-state index contributed by atoms with van der Waals surface area (Å²) in [4.78, 5) is 62.7. The second-order valence-electron chi connectivity index (χ2n) is 16.5. The summed E-state index contributed by atoms with van der Waals surface area (Å²) < 4.78 is 119. The lowest BCUT2D eigenvalue weighted by molar-refractivity contribution is -0.109. The molecule has 28 heteroatoms. The normalized spacial score (nSPS) is 16.3. The molecule has 0 atom stereocenters. The van der Waals surface area contributed by atoms with Crippen molar-refractivity contribution in [2.24, 2.45) is 15.3 Å². The zero-order valence-electron chi connectivity index (χ0n) is 38.8. The number of amides is 2. The van der Waals surface area contributed by atoms with Crippen LogP contribution < -0.4 is 47.8 Å². The molecule has 0 aliphatic heterocycles. The van der Waals surface area contributed by atoms with Crippen LogP contribution in [-0.4, -0.2) is 107 Å². The molecule has 24 nitrogen and oxygen atoms in total. The number of phenolic OH excluding ortho intramolecular Hbond substituents is 1. The summed E-state index contributed by atoms with van der Waals surface area (Å²) in [5, 5.41) is 26.2. The van der Waals surface area contributed by atoms with E-state index >= 15 is 0 Å². The number of benzene rings is 5. The van der Waals surface area contributed by atoms with Crippen LogP contribution in [0.2, 0.25) is 0 Å². The van der Waals surface area contributed by atoms with Crippen molar-refractivity contribution in [3.8, 4) is 5.75 Å². The molecule has 2 amide bonds. The first-order valence-electron chi connectivity index (χ1n) is 21.4. The van der Waals surface area contributed by atoms with Gasteiger partial charge in [0.2, 0.25) is 17.3 Å². The molecule has 0 saturated heterocycles. The van der Waals surface area contributed by atoms with Gasteiger partial charge in [-0.3, -0.25) is 38.5 Å². The number of fused-ring (bicyclic) bond motifs is 2. The Morgan fingerprint density at radius 2 is 0.987 bits per heavy atom. The number of carbonyl (C=O) groups excluding carboxylic acids is 5. The number of hydrazine groups is 1. The van der Waals surface area contributed by atoms with Crippen molar-refractivity contribution in [1.29, 1.82) is 0 Å². The maximum absolute atomic E-state index is 13.3. The predicted octanol–water partition coefficient (Wildman–Crippen LogP) is 0.790. The molecule has 0 unspecified atom stereocenters. The van der Waals surface area contributed by atoms with Crippen LogP contribution in [-0.2, 0) is 54.3 Å². The zero-order valence-corrected chi connectivity index (χ0v) is 42.1. The summed E-state index contributed by atoms with van der Waals surface area (Å²) in [5.74, 6) is -4.55. The highest BCUT2D eigenvalue weighted by molar-refractivity contribution is 7.97. The molecule has 5 aromatic rings. The average molecular weight is 1110 g/mol. The summed E-state index contributed by atoms with van der Waals surface area (Å²) >= 11 is 0. The molecule has 5 aromatic carbocycles. The highest BCUT2D eigenvalue weighted by Crippen LogP contribution is 2.27. The van der Waals surface area contributed by atoms with Crippen molar-refractivity contribution in [3.63, 3.8) is 0 Å². The van der Waals surface area contributed by atoms with Crippen LogP contribution >= 0.6 is 0 Å². The molecular formula is C48H36N8O16S4. The summed E-state index contributed by atoms with van der Waals surface area (Å²) in [6.45, 7) is 0. The lowest BCUT2D eigenvalue weighted by Crippen LogP contribution is -2.40. The third kappa shape index (κ3) is 11.8. The van der Waals surface area contributed by atoms with Crippen molar-refractivity contribution in [2.45, 2.75) is 4.90 Å². The summed E-state index contributed by atoms with van der Waals surface area (Å²) in [5.41, 5.74) is 6.96. The number of aromatic hydroxyl groups is 1. The molecule has 0 saturated carbocycles. The Kier molecular flexibility index (Phi) is 14.2. The minimum absolute atomic E-state index is 0.0303. The van der Waals surface area contributed by atoms with Gasteiger partial charge in [0.25, 0.3) is 32.1 Å². The Labute approximate surface area is 430 Å². The number of nitrogens with one attached hydrogen (secondary N) is 5. The van der Waals surface area contributed by atoms with Crippen LogP contribution in [0.15, 0.2) is 146 Å². The van der Waals surface area contributed by atoms with Gasteiger partial charge in [0, 0.05) is 45.5 Å². The molecule has 3 aliphatic carbocycles. The Balaban J connectivity index is 0.931. The highest BCUT2D eigenvalue weighted by Gasteiger charge is 2.32. The van der Waals surface area contributed by atoms with Gasteiger partial charge in [-0.25, -0.2) is 16.8 Å². The number of allylic oxidation sites excluding steroid dienone is 3. The monoisotopic (exact) mass is 1110 g/mol. The third-order valence-corrected chi connectivity index (χ3v) is 15.1. The number of ketones is 3. The second-order valence-corrected chi connectivity index (χ2v) is 23.3. The van der Waals surface area contributed by atoms with Crippen molar-refractivity contribution in [2.75, 3.05) is 39.4 Å². The van der Waals surface area contributed by atoms with Gasteiger partial charge in [0.1, 0.15) is 21.3 Å². The maximum Gasteiger partial charge on any atom is 0.297 e. The van der Waals surface area contributed by atoms with Crippen LogP contribution in [0.5, 0.6) is 5.75 Å². The molecule has 0 radical (unpaired) electrons. The number of carbonyl (C=O) groups is 5. The molecule has 0 fully saturated rings. The van der Waals surface area contributed by atoms with Gasteiger partial charge < -0.3 is 26.6 Å². The molecule has 3 aliphatic rings. The Morgan fingerprint density at radius 3 is 1.46 bits per heavy atom. The van der Waals surface area contributed by atoms with Gasteiger partial charge in [-0.05, 0) is 132 Å². The lowest BCUT2D eigenvalue weighted by atomic mass is 10.0. The van der Waals surface area contributed by atoms with Gasteiger partial charge in [-0.2, -0.15) is 21.9 Å². The quantitative estimate of drug-likeness (QED) is 0.0330. The first-order valence-corrected chi connectivity index (χ1v) is 28.1. The third-order valence-electron chi connectivity index (χ3n) is 11.0. The van der Waals surface area contributed by atoms with Gasteiger partial charge in [-0.15, -0.1) is 10.2 Å². The molecule has 0 aromatic heterocycles.